The summed E-state index contributed by atoms with van der Waals surface area (Å²) < 4.78 is 23.0. The van der Waals surface area contributed by atoms with E-state index in [9.17, 15) is 0 Å². The van der Waals surface area contributed by atoms with Gasteiger partial charge in [0.1, 0.15) is 18.7 Å². The number of rotatable bonds is 2. The molecule has 0 aromatic rings. The summed E-state index contributed by atoms with van der Waals surface area (Å²) in [7, 11) is 3.57. The number of hydrogen-bond donors (Lipinski definition) is 0. The van der Waals surface area contributed by atoms with Crippen LogP contribution in [0.2, 0.25) is 0 Å². The van der Waals surface area contributed by atoms with Crippen LogP contribution in [0.5, 0.6) is 0 Å². The number of fused-ring (bicyclic) bond motifs is 5. The Bertz CT molecular complexity index is 601. The first-order chi connectivity index (χ1) is 12.3. The fraction of sp³-hybridized carbons (Fsp3) is 0.800. The highest BCUT2D eigenvalue weighted by molar-refractivity contribution is 5.42. The van der Waals surface area contributed by atoms with Crippen LogP contribution in [0.4, 0.5) is 0 Å². The van der Waals surface area contributed by atoms with E-state index in [1.165, 1.54) is 37.0 Å². The first-order valence-corrected chi connectivity index (χ1v) is 9.75. The van der Waals surface area contributed by atoms with Crippen molar-refractivity contribution >= 4 is 0 Å². The summed E-state index contributed by atoms with van der Waals surface area (Å²) in [6.45, 7) is 2.69. The lowest BCUT2D eigenvalue weighted by Crippen LogP contribution is -2.56. The second kappa shape index (κ2) is 6.38. The highest BCUT2D eigenvalue weighted by atomic mass is 16.7. The van der Waals surface area contributed by atoms with Gasteiger partial charge in [-0.3, -0.25) is 4.90 Å². The molecule has 3 aliphatic heterocycles. The Hall–Kier alpha value is -0.880. The molecule has 6 atom stereocenters. The van der Waals surface area contributed by atoms with Gasteiger partial charge in [0.15, 0.2) is 0 Å². The number of ether oxygens (including phenoxy) is 4. The zero-order valence-corrected chi connectivity index (χ0v) is 15.3. The van der Waals surface area contributed by atoms with Crippen LogP contribution in [0, 0.1) is 11.8 Å². The van der Waals surface area contributed by atoms with E-state index in [-0.39, 0.29) is 6.10 Å². The molecule has 3 heterocycles. The molecule has 3 saturated heterocycles. The maximum atomic E-state index is 5.85. The van der Waals surface area contributed by atoms with Gasteiger partial charge in [-0.25, -0.2) is 0 Å². The molecule has 0 aromatic carbocycles. The van der Waals surface area contributed by atoms with E-state index in [2.05, 4.69) is 11.0 Å². The van der Waals surface area contributed by atoms with Gasteiger partial charge in [-0.05, 0) is 56.1 Å². The number of hydrogen-bond acceptors (Lipinski definition) is 5. The third-order valence-corrected chi connectivity index (χ3v) is 7.22. The van der Waals surface area contributed by atoms with E-state index in [4.69, 9.17) is 18.9 Å². The molecule has 5 heteroatoms. The fourth-order valence-corrected chi connectivity index (χ4v) is 5.95. The molecule has 0 bridgehead atoms. The number of methoxy groups -OCH3 is 2. The van der Waals surface area contributed by atoms with Crippen LogP contribution in [0.15, 0.2) is 23.0 Å². The Morgan fingerprint density at radius 1 is 1.16 bits per heavy atom. The van der Waals surface area contributed by atoms with E-state index in [0.29, 0.717) is 25.0 Å². The van der Waals surface area contributed by atoms with Gasteiger partial charge in [0.05, 0.1) is 19.3 Å². The van der Waals surface area contributed by atoms with Gasteiger partial charge >= 0.3 is 0 Å². The summed E-state index contributed by atoms with van der Waals surface area (Å²) in [5.74, 6) is 2.59. The molecule has 138 valence electrons. The van der Waals surface area contributed by atoms with Crippen molar-refractivity contribution in [2.75, 3.05) is 34.1 Å². The van der Waals surface area contributed by atoms with Gasteiger partial charge in [-0.1, -0.05) is 6.08 Å². The van der Waals surface area contributed by atoms with Crippen molar-refractivity contribution in [3.8, 4) is 0 Å². The first kappa shape index (κ1) is 16.3. The van der Waals surface area contributed by atoms with E-state index in [1.54, 1.807) is 14.2 Å². The van der Waals surface area contributed by atoms with Gasteiger partial charge in [-0.2, -0.15) is 0 Å². The first-order valence-electron chi connectivity index (χ1n) is 9.75. The molecule has 0 amide bonds. The second-order valence-electron chi connectivity index (χ2n) is 8.19. The summed E-state index contributed by atoms with van der Waals surface area (Å²) in [5, 5.41) is 0. The van der Waals surface area contributed by atoms with Gasteiger partial charge in [0.2, 0.25) is 0 Å². The lowest BCUT2D eigenvalue weighted by molar-refractivity contribution is -0.0364. The van der Waals surface area contributed by atoms with E-state index in [0.717, 1.165) is 37.0 Å². The van der Waals surface area contributed by atoms with E-state index < -0.39 is 0 Å². The Labute approximate surface area is 149 Å². The van der Waals surface area contributed by atoms with Crippen LogP contribution in [-0.2, 0) is 18.9 Å². The molecule has 25 heavy (non-hydrogen) atoms. The lowest BCUT2D eigenvalue weighted by atomic mass is 9.66. The predicted molar refractivity (Wildman–Crippen MR) is 93.0 cm³/mol. The maximum absolute atomic E-state index is 5.85. The highest BCUT2D eigenvalue weighted by Gasteiger charge is 2.49. The van der Waals surface area contributed by atoms with E-state index in [1.807, 2.05) is 0 Å². The zero-order chi connectivity index (χ0) is 17.0. The Morgan fingerprint density at radius 3 is 2.80 bits per heavy atom. The Kier molecular flexibility index (Phi) is 4.16. The molecule has 1 saturated carbocycles. The molecular formula is C20H29NO4. The highest BCUT2D eigenvalue weighted by Crippen LogP contribution is 2.48. The smallest absolute Gasteiger partial charge is 0.147 e. The van der Waals surface area contributed by atoms with Crippen LogP contribution >= 0.6 is 0 Å². The van der Waals surface area contributed by atoms with Gasteiger partial charge in [0, 0.05) is 25.3 Å². The molecule has 4 fully saturated rings. The van der Waals surface area contributed by atoms with Crippen LogP contribution in [0.25, 0.3) is 0 Å². The predicted octanol–water partition coefficient (Wildman–Crippen LogP) is 2.48. The van der Waals surface area contributed by atoms with E-state index >= 15 is 0 Å². The average molecular weight is 347 g/mol. The van der Waals surface area contributed by atoms with Crippen molar-refractivity contribution < 1.29 is 18.9 Å². The van der Waals surface area contributed by atoms with Crippen LogP contribution < -0.4 is 0 Å². The Balaban J connectivity index is 1.40. The van der Waals surface area contributed by atoms with Crippen LogP contribution in [0.1, 0.15) is 32.1 Å². The van der Waals surface area contributed by atoms with Crippen molar-refractivity contribution in [3.05, 3.63) is 23.0 Å². The summed E-state index contributed by atoms with van der Waals surface area (Å²) in [6.07, 6.45) is 8.88. The van der Waals surface area contributed by atoms with Crippen LogP contribution in [0.3, 0.4) is 0 Å². The summed E-state index contributed by atoms with van der Waals surface area (Å²) >= 11 is 0. The Morgan fingerprint density at radius 2 is 2.00 bits per heavy atom. The molecule has 6 unspecified atom stereocenters. The zero-order valence-electron chi connectivity index (χ0n) is 15.3. The normalized spacial score (nSPS) is 43.7. The van der Waals surface area contributed by atoms with Gasteiger partial charge < -0.3 is 18.9 Å². The molecular weight excluding hydrogens is 318 g/mol. The molecule has 2 aliphatic carbocycles. The standard InChI is InChI=1S/C20H29NO4/c1-22-17-4-3-12-7-16-14-9-19-18(24-11-25-19)8-13(14)5-6-21(16)10-15(12)20(17)23-2/h3,13-14,16-19H,4-11H2,1-2H3. The average Bonchev–Trinajstić information content (AvgIpc) is 3.11. The van der Waals surface area contributed by atoms with Gasteiger partial charge in [-0.15, -0.1) is 0 Å². The molecule has 0 radical (unpaired) electrons. The van der Waals surface area contributed by atoms with Crippen molar-refractivity contribution in [2.24, 2.45) is 11.8 Å². The van der Waals surface area contributed by atoms with Crippen LogP contribution in [-0.4, -0.2) is 63.4 Å². The fourth-order valence-electron chi connectivity index (χ4n) is 5.95. The summed E-state index contributed by atoms with van der Waals surface area (Å²) in [6, 6.07) is 0.649. The minimum Gasteiger partial charge on any atom is -0.498 e. The quantitative estimate of drug-likeness (QED) is 0.767. The van der Waals surface area contributed by atoms with Crippen molar-refractivity contribution in [3.63, 3.8) is 0 Å². The minimum atomic E-state index is 0.0808. The van der Waals surface area contributed by atoms with Crippen molar-refractivity contribution in [1.29, 1.82) is 0 Å². The number of nitrogens with zero attached hydrogens (tertiary/aromatic N) is 1. The molecule has 0 N–H and O–H groups in total. The van der Waals surface area contributed by atoms with Crippen molar-refractivity contribution in [1.82, 2.24) is 4.90 Å². The minimum absolute atomic E-state index is 0.0808. The summed E-state index contributed by atoms with van der Waals surface area (Å²) in [4.78, 5) is 2.70. The topological polar surface area (TPSA) is 40.2 Å². The molecule has 0 aromatic heterocycles. The molecule has 5 aliphatic rings. The lowest BCUT2D eigenvalue weighted by Gasteiger charge is -2.53. The number of piperidine rings is 2. The largest absolute Gasteiger partial charge is 0.498 e. The second-order valence-corrected chi connectivity index (χ2v) is 8.19. The maximum Gasteiger partial charge on any atom is 0.147 e. The third kappa shape index (κ3) is 2.59. The monoisotopic (exact) mass is 347 g/mol. The SMILES string of the molecule is COC1=C2CN3CCC4CC5OCOC5CC4C3CC2=CCC1OC. The van der Waals surface area contributed by atoms with Crippen molar-refractivity contribution in [2.45, 2.75) is 56.5 Å². The third-order valence-electron chi connectivity index (χ3n) is 7.22. The summed E-state index contributed by atoms with van der Waals surface area (Å²) in [5.41, 5.74) is 2.88. The van der Waals surface area contributed by atoms with Gasteiger partial charge in [0.25, 0.3) is 0 Å². The molecule has 5 rings (SSSR count). The molecule has 5 nitrogen and oxygen atoms in total. The molecule has 0 spiro atoms.